The van der Waals surface area contributed by atoms with Gasteiger partial charge in [-0.15, -0.1) is 0 Å². The maximum atomic E-state index is 13.9. The van der Waals surface area contributed by atoms with Crippen LogP contribution in [0, 0.1) is 20.8 Å². The van der Waals surface area contributed by atoms with E-state index in [-0.39, 0.29) is 17.3 Å². The number of carbonyl (C=O) groups is 2. The number of pyridine rings is 1. The molecule has 41 heavy (non-hydrogen) atoms. The number of rotatable bonds is 4. The van der Waals surface area contributed by atoms with Gasteiger partial charge in [-0.2, -0.15) is 0 Å². The highest BCUT2D eigenvalue weighted by atomic mass is 35.5. The van der Waals surface area contributed by atoms with Crippen molar-refractivity contribution in [3.63, 3.8) is 0 Å². The number of aromatic nitrogens is 3. The number of halogens is 1. The lowest BCUT2D eigenvalue weighted by molar-refractivity contribution is 0.0505. The van der Waals surface area contributed by atoms with Crippen LogP contribution in [0.25, 0.3) is 0 Å². The molecule has 10 heteroatoms. The standard InChI is InChI=1S/C31H37ClN6O3/c1-18-9-10-21(14-22(18)32)37-16-30(4,5)26-27(37)33-15-23(35-26)28(39)38-12-11-36(17-31(38,6)7)24-13-19(2)25(20(3)34-24)29(40)41-8/h9-10,13-15H,11-12,16-17H2,1-8H3. The van der Waals surface area contributed by atoms with Crippen LogP contribution in [0.15, 0.2) is 30.5 Å². The summed E-state index contributed by atoms with van der Waals surface area (Å²) in [4.78, 5) is 46.6. The topological polar surface area (TPSA) is 91.8 Å². The van der Waals surface area contributed by atoms with Crippen molar-refractivity contribution in [1.82, 2.24) is 19.9 Å². The number of methoxy groups -OCH3 is 1. The van der Waals surface area contributed by atoms with Crippen molar-refractivity contribution in [2.75, 3.05) is 43.1 Å². The summed E-state index contributed by atoms with van der Waals surface area (Å²) in [5.74, 6) is 1.00. The zero-order valence-electron chi connectivity index (χ0n) is 25.0. The van der Waals surface area contributed by atoms with E-state index in [1.807, 2.05) is 63.8 Å². The van der Waals surface area contributed by atoms with Crippen LogP contribution in [0.5, 0.6) is 0 Å². The van der Waals surface area contributed by atoms with Gasteiger partial charge in [0.15, 0.2) is 5.82 Å². The van der Waals surface area contributed by atoms with Crippen LogP contribution in [0.3, 0.4) is 0 Å². The van der Waals surface area contributed by atoms with E-state index in [1.54, 1.807) is 6.20 Å². The van der Waals surface area contributed by atoms with E-state index >= 15 is 0 Å². The zero-order valence-corrected chi connectivity index (χ0v) is 25.8. The van der Waals surface area contributed by atoms with E-state index < -0.39 is 5.54 Å². The summed E-state index contributed by atoms with van der Waals surface area (Å²) in [6.07, 6.45) is 1.59. The first-order chi connectivity index (χ1) is 19.2. The van der Waals surface area contributed by atoms with Gasteiger partial charge in [-0.05, 0) is 63.9 Å². The van der Waals surface area contributed by atoms with E-state index in [0.29, 0.717) is 48.2 Å². The minimum absolute atomic E-state index is 0.140. The summed E-state index contributed by atoms with van der Waals surface area (Å²) in [5, 5.41) is 0.704. The van der Waals surface area contributed by atoms with Crippen LogP contribution in [-0.4, -0.2) is 70.6 Å². The lowest BCUT2D eigenvalue weighted by atomic mass is 9.92. The van der Waals surface area contributed by atoms with Gasteiger partial charge in [0.1, 0.15) is 11.5 Å². The molecule has 0 unspecified atom stereocenters. The number of aryl methyl sites for hydroxylation is 3. The van der Waals surface area contributed by atoms with Crippen molar-refractivity contribution in [2.24, 2.45) is 0 Å². The summed E-state index contributed by atoms with van der Waals surface area (Å²) < 4.78 is 4.92. The Labute approximate surface area is 246 Å². The maximum absolute atomic E-state index is 13.9. The van der Waals surface area contributed by atoms with Gasteiger partial charge in [0.25, 0.3) is 5.91 Å². The summed E-state index contributed by atoms with van der Waals surface area (Å²) in [6.45, 7) is 16.4. The van der Waals surface area contributed by atoms with E-state index in [4.69, 9.17) is 31.3 Å². The number of hydrogen-bond acceptors (Lipinski definition) is 8. The van der Waals surface area contributed by atoms with Crippen molar-refractivity contribution in [3.05, 3.63) is 69.3 Å². The number of ether oxygens (including phenoxy) is 1. The van der Waals surface area contributed by atoms with Gasteiger partial charge < -0.3 is 19.4 Å². The molecule has 0 atom stereocenters. The molecule has 0 spiro atoms. The molecule has 216 valence electrons. The van der Waals surface area contributed by atoms with Crippen molar-refractivity contribution in [1.29, 1.82) is 0 Å². The third kappa shape index (κ3) is 5.12. The number of piperazine rings is 1. The van der Waals surface area contributed by atoms with Gasteiger partial charge in [-0.1, -0.05) is 31.5 Å². The van der Waals surface area contributed by atoms with Crippen LogP contribution in [0.2, 0.25) is 5.02 Å². The highest BCUT2D eigenvalue weighted by Gasteiger charge is 2.42. The molecule has 2 aromatic heterocycles. The molecule has 0 aliphatic carbocycles. The quantitative estimate of drug-likeness (QED) is 0.381. The molecule has 2 aliphatic heterocycles. The van der Waals surface area contributed by atoms with Crippen molar-refractivity contribution in [2.45, 2.75) is 59.4 Å². The van der Waals surface area contributed by atoms with Gasteiger partial charge in [-0.3, -0.25) is 4.79 Å². The minimum Gasteiger partial charge on any atom is -0.465 e. The van der Waals surface area contributed by atoms with Gasteiger partial charge in [-0.25, -0.2) is 19.7 Å². The molecule has 0 radical (unpaired) electrons. The Kier molecular flexibility index (Phi) is 7.22. The van der Waals surface area contributed by atoms with E-state index in [2.05, 4.69) is 23.6 Å². The Bertz CT molecular complexity index is 1530. The Morgan fingerprint density at radius 1 is 0.976 bits per heavy atom. The Balaban J connectivity index is 1.39. The highest BCUT2D eigenvalue weighted by Crippen LogP contribution is 2.42. The lowest BCUT2D eigenvalue weighted by Gasteiger charge is -2.47. The highest BCUT2D eigenvalue weighted by molar-refractivity contribution is 6.31. The van der Waals surface area contributed by atoms with Crippen LogP contribution in [0.1, 0.15) is 71.1 Å². The fraction of sp³-hybridized carbons (Fsp3) is 0.452. The molecule has 2 aliphatic rings. The van der Waals surface area contributed by atoms with Crippen LogP contribution >= 0.6 is 11.6 Å². The fourth-order valence-corrected chi connectivity index (χ4v) is 6.07. The number of fused-ring (bicyclic) bond motifs is 1. The molecular formula is C31H37ClN6O3. The summed E-state index contributed by atoms with van der Waals surface area (Å²) >= 11 is 6.42. The third-order valence-electron chi connectivity index (χ3n) is 8.13. The van der Waals surface area contributed by atoms with E-state index in [1.165, 1.54) is 7.11 Å². The molecule has 1 fully saturated rings. The summed E-state index contributed by atoms with van der Waals surface area (Å²) in [7, 11) is 1.37. The Hall–Kier alpha value is -3.72. The number of carbonyl (C=O) groups excluding carboxylic acids is 2. The molecule has 0 bridgehead atoms. The number of nitrogens with zero attached hydrogens (tertiary/aromatic N) is 6. The second-order valence-electron chi connectivity index (χ2n) is 12.3. The van der Waals surface area contributed by atoms with Crippen LogP contribution in [0.4, 0.5) is 17.3 Å². The predicted octanol–water partition coefficient (Wildman–Crippen LogP) is 5.41. The SMILES string of the molecule is COC(=O)c1c(C)cc(N2CCN(C(=O)c3cnc4c(n3)C(C)(C)CN4c3ccc(C)c(Cl)c3)C(C)(C)C2)nc1C. The second kappa shape index (κ2) is 10.3. The minimum atomic E-state index is -0.499. The average Bonchev–Trinajstić information content (AvgIpc) is 3.18. The molecular weight excluding hydrogens is 540 g/mol. The molecule has 3 aromatic rings. The largest absolute Gasteiger partial charge is 0.465 e. The second-order valence-corrected chi connectivity index (χ2v) is 12.7. The maximum Gasteiger partial charge on any atom is 0.339 e. The number of esters is 1. The first kappa shape index (κ1) is 28.8. The average molecular weight is 577 g/mol. The van der Waals surface area contributed by atoms with Crippen LogP contribution in [-0.2, 0) is 10.2 Å². The molecule has 1 amide bonds. The number of amides is 1. The monoisotopic (exact) mass is 576 g/mol. The van der Waals surface area contributed by atoms with Gasteiger partial charge >= 0.3 is 5.97 Å². The van der Waals surface area contributed by atoms with Crippen LogP contribution < -0.4 is 9.80 Å². The normalized spacial score (nSPS) is 17.4. The molecule has 0 saturated carbocycles. The fourth-order valence-electron chi connectivity index (χ4n) is 5.89. The zero-order chi connectivity index (χ0) is 29.9. The smallest absolute Gasteiger partial charge is 0.339 e. The number of benzene rings is 1. The molecule has 4 heterocycles. The first-order valence-corrected chi connectivity index (χ1v) is 14.2. The molecule has 9 nitrogen and oxygen atoms in total. The molecule has 0 N–H and O–H groups in total. The first-order valence-electron chi connectivity index (χ1n) is 13.8. The van der Waals surface area contributed by atoms with Crippen molar-refractivity contribution in [3.8, 4) is 0 Å². The Morgan fingerprint density at radius 3 is 2.34 bits per heavy atom. The van der Waals surface area contributed by atoms with Gasteiger partial charge in [0.2, 0.25) is 0 Å². The number of anilines is 3. The molecule has 1 saturated heterocycles. The summed E-state index contributed by atoms with van der Waals surface area (Å²) in [6, 6.07) is 7.90. The van der Waals surface area contributed by atoms with Crippen molar-refractivity contribution < 1.29 is 14.3 Å². The molecule has 5 rings (SSSR count). The summed E-state index contributed by atoms with van der Waals surface area (Å²) in [5.41, 5.74) is 4.25. The lowest BCUT2D eigenvalue weighted by Crippen LogP contribution is -2.61. The Morgan fingerprint density at radius 2 is 1.71 bits per heavy atom. The molecule has 1 aromatic carbocycles. The van der Waals surface area contributed by atoms with E-state index in [9.17, 15) is 9.59 Å². The number of hydrogen-bond donors (Lipinski definition) is 0. The van der Waals surface area contributed by atoms with Gasteiger partial charge in [0, 0.05) is 42.3 Å². The third-order valence-corrected chi connectivity index (χ3v) is 8.54. The predicted molar refractivity (Wildman–Crippen MR) is 161 cm³/mol. The van der Waals surface area contributed by atoms with Crippen molar-refractivity contribution >= 4 is 40.8 Å². The van der Waals surface area contributed by atoms with Gasteiger partial charge in [0.05, 0.1) is 35.8 Å². The van der Waals surface area contributed by atoms with E-state index in [0.717, 1.165) is 34.1 Å².